The van der Waals surface area contributed by atoms with E-state index in [1.807, 2.05) is 77.4 Å². The molecule has 40 heavy (non-hydrogen) atoms. The van der Waals surface area contributed by atoms with Crippen LogP contribution in [0.15, 0.2) is 73.2 Å². The smallest absolute Gasteiger partial charge is 0.258 e. The van der Waals surface area contributed by atoms with Crippen LogP contribution < -0.4 is 5.32 Å². The van der Waals surface area contributed by atoms with E-state index in [1.54, 1.807) is 16.9 Å². The van der Waals surface area contributed by atoms with Crippen LogP contribution in [0.1, 0.15) is 42.7 Å². The number of hydrogen-bond acceptors (Lipinski definition) is 5. The van der Waals surface area contributed by atoms with Crippen molar-refractivity contribution >= 4 is 17.8 Å². The first-order valence-electron chi connectivity index (χ1n) is 13.9. The molecule has 2 aromatic carbocycles. The molecule has 1 N–H and O–H groups in total. The predicted molar refractivity (Wildman–Crippen MR) is 156 cm³/mol. The van der Waals surface area contributed by atoms with Crippen molar-refractivity contribution in [2.75, 3.05) is 31.5 Å². The quantitative estimate of drug-likeness (QED) is 0.341. The first-order chi connectivity index (χ1) is 19.4. The van der Waals surface area contributed by atoms with E-state index in [4.69, 9.17) is 4.98 Å². The molecule has 1 saturated heterocycles. The van der Waals surface area contributed by atoms with Crippen LogP contribution >= 0.6 is 0 Å². The number of carbonyl (C=O) groups excluding carboxylic acids is 2. The third kappa shape index (κ3) is 6.48. The zero-order valence-electron chi connectivity index (χ0n) is 23.5. The number of anilines is 1. The van der Waals surface area contributed by atoms with Crippen molar-refractivity contribution in [2.24, 2.45) is 7.05 Å². The number of imidazole rings is 1. The zero-order valence-corrected chi connectivity index (χ0v) is 23.5. The Hall–Kier alpha value is -4.24. The fraction of sp³-hybridized carbons (Fsp3) is 0.355. The van der Waals surface area contributed by atoms with E-state index in [0.29, 0.717) is 36.8 Å². The third-order valence-corrected chi connectivity index (χ3v) is 7.40. The molecule has 9 heteroatoms. The van der Waals surface area contributed by atoms with Gasteiger partial charge in [-0.25, -0.2) is 4.98 Å². The van der Waals surface area contributed by atoms with Crippen molar-refractivity contribution < 1.29 is 9.59 Å². The molecule has 0 atom stereocenters. The highest BCUT2D eigenvalue weighted by atomic mass is 16.2. The van der Waals surface area contributed by atoms with Gasteiger partial charge in [-0.05, 0) is 56.5 Å². The number of benzene rings is 2. The lowest BCUT2D eigenvalue weighted by atomic mass is 10.1. The van der Waals surface area contributed by atoms with E-state index in [1.165, 1.54) is 0 Å². The Kier molecular flexibility index (Phi) is 8.40. The summed E-state index contributed by atoms with van der Waals surface area (Å²) in [6.07, 6.45) is 7.49. The Bertz CT molecular complexity index is 1450. The highest BCUT2D eigenvalue weighted by molar-refractivity contribution is 6.04. The second-order valence-corrected chi connectivity index (χ2v) is 10.6. The predicted octanol–water partition coefficient (Wildman–Crippen LogP) is 4.40. The Balaban J connectivity index is 1.26. The number of amides is 2. The van der Waals surface area contributed by atoms with Gasteiger partial charge in [0.05, 0.1) is 11.9 Å². The van der Waals surface area contributed by atoms with Gasteiger partial charge in [-0.3, -0.25) is 29.1 Å². The lowest BCUT2D eigenvalue weighted by Crippen LogP contribution is -2.50. The molecule has 0 radical (unpaired) electrons. The van der Waals surface area contributed by atoms with Crippen molar-refractivity contribution in [3.05, 3.63) is 84.4 Å². The number of nitrogens with one attached hydrogen (secondary N) is 1. The Morgan fingerprint density at radius 2 is 1.73 bits per heavy atom. The largest absolute Gasteiger partial charge is 0.340 e. The average molecular weight is 540 g/mol. The van der Waals surface area contributed by atoms with E-state index in [2.05, 4.69) is 29.2 Å². The van der Waals surface area contributed by atoms with Gasteiger partial charge < -0.3 is 4.90 Å². The number of aromatic nitrogens is 4. The summed E-state index contributed by atoms with van der Waals surface area (Å²) in [5, 5.41) is 7.24. The molecule has 3 heterocycles. The molecule has 5 rings (SSSR count). The van der Waals surface area contributed by atoms with Gasteiger partial charge in [0.15, 0.2) is 0 Å². The van der Waals surface area contributed by atoms with Gasteiger partial charge in [-0.15, -0.1) is 0 Å². The van der Waals surface area contributed by atoms with E-state index in [0.717, 1.165) is 48.7 Å². The lowest BCUT2D eigenvalue weighted by molar-refractivity contribution is -0.133. The minimum absolute atomic E-state index is 0.202. The number of rotatable bonds is 9. The molecule has 1 fully saturated rings. The van der Waals surface area contributed by atoms with Gasteiger partial charge in [-0.1, -0.05) is 30.3 Å². The maximum atomic E-state index is 13.3. The van der Waals surface area contributed by atoms with Gasteiger partial charge in [-0.2, -0.15) is 5.10 Å². The summed E-state index contributed by atoms with van der Waals surface area (Å²) in [6, 6.07) is 17.8. The second-order valence-electron chi connectivity index (χ2n) is 10.6. The minimum atomic E-state index is -0.240. The molecule has 0 unspecified atom stereocenters. The lowest BCUT2D eigenvalue weighted by Gasteiger charge is -2.37. The van der Waals surface area contributed by atoms with Crippen LogP contribution in [0.25, 0.3) is 16.8 Å². The Morgan fingerprint density at radius 1 is 0.950 bits per heavy atom. The van der Waals surface area contributed by atoms with Crippen LogP contribution in [0.2, 0.25) is 0 Å². The summed E-state index contributed by atoms with van der Waals surface area (Å²) in [4.78, 5) is 35.3. The van der Waals surface area contributed by atoms with Gasteiger partial charge in [0.1, 0.15) is 0 Å². The number of nitrogens with zero attached hydrogens (tertiary/aromatic N) is 6. The number of piperazine rings is 1. The van der Waals surface area contributed by atoms with Crippen LogP contribution in [0.4, 0.5) is 5.95 Å². The molecular formula is C31H37N7O2. The molecule has 4 aromatic rings. The van der Waals surface area contributed by atoms with Gasteiger partial charge in [0.2, 0.25) is 11.9 Å². The molecule has 2 aromatic heterocycles. The monoisotopic (exact) mass is 539 g/mol. The summed E-state index contributed by atoms with van der Waals surface area (Å²) >= 11 is 0. The Labute approximate surface area is 235 Å². The topological polar surface area (TPSA) is 88.3 Å². The maximum Gasteiger partial charge on any atom is 0.258 e. The standard InChI is InChI=1S/C31H37N7O2/c1-23(2)36-15-17-37(18-16-36)29(39)14-8-11-27-22-38(28-12-5-4-6-13-28)31(33-27)34-30(40)25-10-7-9-24(19-25)26-20-32-35(3)21-26/h4-7,9-10,12-13,19-23H,8,11,14-18H2,1-3H3,(H,33,34,40). The molecule has 1 aliphatic rings. The summed E-state index contributed by atoms with van der Waals surface area (Å²) < 4.78 is 3.63. The second kappa shape index (κ2) is 12.3. The van der Waals surface area contributed by atoms with Crippen molar-refractivity contribution in [3.8, 4) is 16.8 Å². The van der Waals surface area contributed by atoms with Crippen molar-refractivity contribution in [2.45, 2.75) is 39.2 Å². The first-order valence-corrected chi connectivity index (χ1v) is 13.9. The number of aryl methyl sites for hydroxylation is 2. The van der Waals surface area contributed by atoms with E-state index in [-0.39, 0.29) is 11.8 Å². The van der Waals surface area contributed by atoms with E-state index in [9.17, 15) is 9.59 Å². The van der Waals surface area contributed by atoms with Crippen molar-refractivity contribution in [3.63, 3.8) is 0 Å². The molecular weight excluding hydrogens is 502 g/mol. The van der Waals surface area contributed by atoms with E-state index >= 15 is 0 Å². The van der Waals surface area contributed by atoms with Crippen LogP contribution in [0.3, 0.4) is 0 Å². The molecule has 1 aliphatic heterocycles. The highest BCUT2D eigenvalue weighted by Gasteiger charge is 2.22. The highest BCUT2D eigenvalue weighted by Crippen LogP contribution is 2.22. The molecule has 2 amide bonds. The van der Waals surface area contributed by atoms with E-state index < -0.39 is 0 Å². The fourth-order valence-electron chi connectivity index (χ4n) is 5.07. The van der Waals surface area contributed by atoms with Crippen LogP contribution in [-0.2, 0) is 18.3 Å². The summed E-state index contributed by atoms with van der Waals surface area (Å²) in [6.45, 7) is 7.83. The summed E-state index contributed by atoms with van der Waals surface area (Å²) in [5.74, 6) is 0.415. The fourth-order valence-corrected chi connectivity index (χ4v) is 5.07. The summed E-state index contributed by atoms with van der Waals surface area (Å²) in [5.41, 5.74) is 4.14. The van der Waals surface area contributed by atoms with Gasteiger partial charge in [0, 0.05) is 74.9 Å². The van der Waals surface area contributed by atoms with Crippen LogP contribution in [0.5, 0.6) is 0 Å². The molecule has 0 aliphatic carbocycles. The van der Waals surface area contributed by atoms with Gasteiger partial charge >= 0.3 is 0 Å². The minimum Gasteiger partial charge on any atom is -0.340 e. The molecule has 0 bridgehead atoms. The molecule has 208 valence electrons. The van der Waals surface area contributed by atoms with Crippen LogP contribution in [-0.4, -0.2) is 73.2 Å². The number of carbonyl (C=O) groups is 2. The molecule has 0 spiro atoms. The maximum absolute atomic E-state index is 13.3. The van der Waals surface area contributed by atoms with Crippen molar-refractivity contribution in [1.29, 1.82) is 0 Å². The number of hydrogen-bond donors (Lipinski definition) is 1. The molecule has 0 saturated carbocycles. The third-order valence-electron chi connectivity index (χ3n) is 7.40. The Morgan fingerprint density at radius 3 is 2.42 bits per heavy atom. The van der Waals surface area contributed by atoms with Gasteiger partial charge in [0.25, 0.3) is 5.91 Å². The SMILES string of the molecule is CC(C)N1CCN(C(=O)CCCc2cn(-c3ccccc3)c(NC(=O)c3cccc(-c4cnn(C)c4)c3)n2)CC1. The zero-order chi connectivity index (χ0) is 28.1. The number of para-hydroxylation sites is 1. The average Bonchev–Trinajstić information content (AvgIpc) is 3.59. The first kappa shape index (κ1) is 27.3. The summed E-state index contributed by atoms with van der Waals surface area (Å²) in [7, 11) is 1.87. The molecule has 9 nitrogen and oxygen atoms in total. The van der Waals surface area contributed by atoms with Crippen molar-refractivity contribution in [1.82, 2.24) is 29.1 Å². The van der Waals surface area contributed by atoms with Crippen LogP contribution in [0, 0.1) is 0 Å². The normalized spacial score (nSPS) is 14.1.